The lowest BCUT2D eigenvalue weighted by molar-refractivity contribution is -0.380. The minimum absolute atomic E-state index is 0.0184. The molecule has 0 spiro atoms. The second-order valence-corrected chi connectivity index (χ2v) is 28.8. The van der Waals surface area contributed by atoms with Crippen LogP contribution in [0.5, 0.6) is 0 Å². The number of fused-ring (bicyclic) bond motifs is 1. The molecule has 0 amide bonds. The van der Waals surface area contributed by atoms with Crippen LogP contribution >= 0.6 is 0 Å². The highest BCUT2D eigenvalue weighted by atomic mass is 16.8. The van der Waals surface area contributed by atoms with Gasteiger partial charge in [-0.25, -0.2) is 14.4 Å². The number of hydrogen-bond donors (Lipinski definition) is 20. The summed E-state index contributed by atoms with van der Waals surface area (Å²) in [5.41, 5.74) is 0. The Kier molecular flexibility index (Phi) is 28.5. The fourth-order valence-corrected chi connectivity index (χ4v) is 15.6. The Hall–Kier alpha value is -3.53. The first-order valence-electron chi connectivity index (χ1n) is 35.0. The molecule has 5 saturated heterocycles. The standard InChI is InChI=1S/C66H102O35/c67-22-43-50(79)54(83)58(87)64(97-43)95-41-20-32(70)19-40-33(41)21-42(61(93-40)29-6-8-35(72)37(74)17-29)96-66-62(101-65-60(89)56(85)52(81)45(99-65)24-90-47(76)10-3-26-1-7-34(71)36(73)15-26)57(86)53(82)46(100-66)25-92-48(77)11-4-27-2-9-39(38(75)16-27)94-63-59(88)55(84)51(80)44(98-63)23-91-49(78)12-5-28-13-30(68)18-31(69)14-28/h3-5,10-12,26-46,50-75,79-89H,1-2,6-9,13-25H2/t26?,27?,28?,29?,30?,31?,32?,33?,34?,35?,36?,37?,38?,39?,40?,41?,42?,43-,44-,45-,46+,50+,51-,52+,53+,54-,55+,56-,57+,58+,59-,60+,61?,62+,63+,64+,65+,66-/m1/s1. The molecule has 35 heteroatoms. The molecule has 0 aromatic carbocycles. The van der Waals surface area contributed by atoms with Crippen LogP contribution in [0.15, 0.2) is 36.5 Å². The van der Waals surface area contributed by atoms with E-state index in [9.17, 15) is 117 Å². The van der Waals surface area contributed by atoms with Gasteiger partial charge >= 0.3 is 17.9 Å². The zero-order valence-corrected chi connectivity index (χ0v) is 55.4. The molecule has 17 unspecified atom stereocenters. The molecular formula is C66H102O35. The lowest BCUT2D eigenvalue weighted by atomic mass is 9.72. The monoisotopic (exact) mass is 1450 g/mol. The van der Waals surface area contributed by atoms with E-state index < -0.39 is 264 Å². The molecule has 0 bridgehead atoms. The molecule has 0 aromatic heterocycles. The zero-order valence-electron chi connectivity index (χ0n) is 55.4. The summed E-state index contributed by atoms with van der Waals surface area (Å²) in [5, 5.41) is 216. The van der Waals surface area contributed by atoms with Gasteiger partial charge in [0.15, 0.2) is 25.2 Å². The number of hydrogen-bond acceptors (Lipinski definition) is 35. The van der Waals surface area contributed by atoms with Crippen molar-refractivity contribution in [1.29, 1.82) is 0 Å². The van der Waals surface area contributed by atoms with Crippen molar-refractivity contribution in [1.82, 2.24) is 0 Å². The largest absolute Gasteiger partial charge is 0.460 e. The van der Waals surface area contributed by atoms with E-state index in [-0.39, 0.29) is 88.9 Å². The fraction of sp³-hybridized carbons (Fsp3) is 0.864. The zero-order chi connectivity index (χ0) is 72.8. The third-order valence-electron chi connectivity index (χ3n) is 21.5. The van der Waals surface area contributed by atoms with Crippen LogP contribution in [0.4, 0.5) is 0 Å². The Bertz CT molecular complexity index is 2720. The molecule has 0 aromatic rings. The van der Waals surface area contributed by atoms with Gasteiger partial charge in [0.05, 0.1) is 86.0 Å². The molecule has 5 saturated carbocycles. The van der Waals surface area contributed by atoms with Gasteiger partial charge in [-0.2, -0.15) is 0 Å². The van der Waals surface area contributed by atoms with E-state index in [1.54, 1.807) is 0 Å². The summed E-state index contributed by atoms with van der Waals surface area (Å²) < 4.78 is 71.8. The van der Waals surface area contributed by atoms with Crippen molar-refractivity contribution in [3.05, 3.63) is 36.5 Å². The van der Waals surface area contributed by atoms with Crippen LogP contribution in [-0.4, -0.2) is 349 Å². The summed E-state index contributed by atoms with van der Waals surface area (Å²) in [4.78, 5) is 39.1. The van der Waals surface area contributed by atoms with E-state index in [1.807, 2.05) is 0 Å². The van der Waals surface area contributed by atoms with Gasteiger partial charge < -0.3 is 159 Å². The number of ether oxygens (including phenoxy) is 12. The number of carbonyl (C=O) groups is 3. The van der Waals surface area contributed by atoms with Crippen LogP contribution in [0, 0.1) is 29.6 Å². The first-order chi connectivity index (χ1) is 48.0. The summed E-state index contributed by atoms with van der Waals surface area (Å²) in [5.74, 6) is -5.26. The minimum atomic E-state index is -2.13. The van der Waals surface area contributed by atoms with Crippen molar-refractivity contribution in [2.45, 2.75) is 298 Å². The Morgan fingerprint density at radius 1 is 0.337 bits per heavy atom. The minimum Gasteiger partial charge on any atom is -0.460 e. The van der Waals surface area contributed by atoms with Crippen molar-refractivity contribution in [3.63, 3.8) is 0 Å². The summed E-state index contributed by atoms with van der Waals surface area (Å²) in [6.45, 7) is -2.91. The second kappa shape index (κ2) is 35.9. The molecule has 35 nitrogen and oxygen atoms in total. The second-order valence-electron chi connectivity index (χ2n) is 28.8. The summed E-state index contributed by atoms with van der Waals surface area (Å²) in [7, 11) is 0. The maximum Gasteiger partial charge on any atom is 0.330 e. The average Bonchev–Trinajstić information content (AvgIpc) is 0.763. The molecule has 101 heavy (non-hydrogen) atoms. The third-order valence-corrected chi connectivity index (χ3v) is 21.5. The highest BCUT2D eigenvalue weighted by Gasteiger charge is 2.57. The van der Waals surface area contributed by atoms with Crippen LogP contribution in [0.1, 0.15) is 96.3 Å². The Morgan fingerprint density at radius 3 is 1.28 bits per heavy atom. The number of esters is 3. The third kappa shape index (κ3) is 20.0. The maximum atomic E-state index is 13.6. The Morgan fingerprint density at radius 2 is 0.762 bits per heavy atom. The molecule has 37 atom stereocenters. The molecule has 0 radical (unpaired) electrons. The van der Waals surface area contributed by atoms with Crippen molar-refractivity contribution in [3.8, 4) is 0 Å². The van der Waals surface area contributed by atoms with Crippen LogP contribution in [-0.2, 0) is 71.2 Å². The van der Waals surface area contributed by atoms with E-state index in [0.29, 0.717) is 19.3 Å². The highest BCUT2D eigenvalue weighted by molar-refractivity contribution is 5.82. The van der Waals surface area contributed by atoms with Crippen molar-refractivity contribution in [2.24, 2.45) is 29.6 Å². The van der Waals surface area contributed by atoms with Crippen molar-refractivity contribution >= 4 is 17.9 Å². The summed E-state index contributed by atoms with van der Waals surface area (Å²) in [6, 6.07) is 0. The average molecular weight is 1460 g/mol. The van der Waals surface area contributed by atoms with Crippen LogP contribution in [0.3, 0.4) is 0 Å². The Balaban J connectivity index is 0.818. The van der Waals surface area contributed by atoms with Crippen molar-refractivity contribution in [2.75, 3.05) is 26.4 Å². The quantitative estimate of drug-likeness (QED) is 0.0272. The molecule has 5 heterocycles. The van der Waals surface area contributed by atoms with Gasteiger partial charge in [0.1, 0.15) is 117 Å². The van der Waals surface area contributed by atoms with Gasteiger partial charge in [-0.05, 0) is 114 Å². The van der Waals surface area contributed by atoms with Gasteiger partial charge in [-0.3, -0.25) is 0 Å². The van der Waals surface area contributed by atoms with Crippen LogP contribution < -0.4 is 0 Å². The SMILES string of the molecule is O=C(C=CC1CCC(O[C@H]2O[C@H](COC(=O)C=CC3CC(O)CC(O)C3)[C@@H](O)[C@H](O)[C@H]2O)C(O)C1)OC[C@@H]1O[C@@H](OC2CC3C(CC(O)CC3O[C@H]3O[C@H](CO)[C@H](O)[C@@H](O)[C@@H]3O)OC2C2CCC(O)C(O)C2)[C@@H](O[C@@H]2O[C@H](COC(=O)C=CC3CCC(O)C(O)C3)[C@H](O)[C@@H](O)[C@@H]2O)[C@@H](O)[C@H]1O. The first kappa shape index (κ1) is 80.0. The maximum absolute atomic E-state index is 13.6. The van der Waals surface area contributed by atoms with E-state index in [1.165, 1.54) is 18.2 Å². The van der Waals surface area contributed by atoms with Gasteiger partial charge in [-0.1, -0.05) is 18.2 Å². The van der Waals surface area contributed by atoms with E-state index in [0.717, 1.165) is 18.2 Å². The van der Waals surface area contributed by atoms with Crippen molar-refractivity contribution < 1.29 is 173 Å². The Labute approximate surface area is 580 Å². The lowest BCUT2D eigenvalue weighted by Crippen LogP contribution is -2.66. The van der Waals surface area contributed by atoms with E-state index >= 15 is 0 Å². The van der Waals surface area contributed by atoms with Gasteiger partial charge in [0.2, 0.25) is 0 Å². The molecule has 10 rings (SSSR count). The molecule has 5 aliphatic heterocycles. The molecular weight excluding hydrogens is 1350 g/mol. The van der Waals surface area contributed by atoms with Crippen LogP contribution in [0.2, 0.25) is 0 Å². The summed E-state index contributed by atoms with van der Waals surface area (Å²) in [6.07, 6.45) is -39.8. The summed E-state index contributed by atoms with van der Waals surface area (Å²) >= 11 is 0. The number of aliphatic hydroxyl groups is 20. The van der Waals surface area contributed by atoms with Gasteiger partial charge in [-0.15, -0.1) is 0 Å². The fourth-order valence-electron chi connectivity index (χ4n) is 15.6. The van der Waals surface area contributed by atoms with Crippen LogP contribution in [0.25, 0.3) is 0 Å². The number of allylic oxidation sites excluding steroid dienone is 3. The molecule has 10 fully saturated rings. The molecule has 20 N–H and O–H groups in total. The number of rotatable bonds is 22. The van der Waals surface area contributed by atoms with Gasteiger partial charge in [0, 0.05) is 30.6 Å². The predicted molar refractivity (Wildman–Crippen MR) is 331 cm³/mol. The van der Waals surface area contributed by atoms with E-state index in [4.69, 9.17) is 56.8 Å². The number of carbonyl (C=O) groups excluding carboxylic acids is 3. The molecule has 576 valence electrons. The highest BCUT2D eigenvalue weighted by Crippen LogP contribution is 2.46. The lowest BCUT2D eigenvalue weighted by Gasteiger charge is -2.53. The smallest absolute Gasteiger partial charge is 0.330 e. The molecule has 10 aliphatic rings. The number of aliphatic hydroxyl groups excluding tert-OH is 20. The molecule has 5 aliphatic carbocycles. The predicted octanol–water partition coefficient (Wildman–Crippen LogP) is -7.66. The topological polar surface area (TPSA) is 567 Å². The van der Waals surface area contributed by atoms with E-state index in [2.05, 4.69) is 0 Å². The van der Waals surface area contributed by atoms with Gasteiger partial charge in [0.25, 0.3) is 0 Å². The normalized spacial score (nSPS) is 48.7. The first-order valence-corrected chi connectivity index (χ1v) is 35.0.